The third-order valence-electron chi connectivity index (χ3n) is 6.00. The number of aryl methyl sites for hydroxylation is 1. The SMILES string of the molecule is CCc1ccc(CNC(=O)Cn2nnc(-c3ccc(CN4CCC(C)CC4)cn3)n2)cc1. The summed E-state index contributed by atoms with van der Waals surface area (Å²) in [7, 11) is 0. The van der Waals surface area contributed by atoms with E-state index >= 15 is 0 Å². The van der Waals surface area contributed by atoms with Gasteiger partial charge in [-0.3, -0.25) is 14.7 Å². The highest BCUT2D eigenvalue weighted by Crippen LogP contribution is 2.18. The number of carbonyl (C=O) groups excluding carboxylic acids is 1. The van der Waals surface area contributed by atoms with Crippen molar-refractivity contribution in [2.45, 2.75) is 52.7 Å². The van der Waals surface area contributed by atoms with E-state index in [2.05, 4.69) is 62.7 Å². The number of pyridine rings is 1. The summed E-state index contributed by atoms with van der Waals surface area (Å²) in [6.45, 7) is 8.14. The lowest BCUT2D eigenvalue weighted by Crippen LogP contribution is -2.32. The second kappa shape index (κ2) is 10.5. The molecule has 0 atom stereocenters. The van der Waals surface area contributed by atoms with Crippen LogP contribution in [0.25, 0.3) is 11.5 Å². The first-order chi connectivity index (χ1) is 15.6. The lowest BCUT2D eigenvalue weighted by atomic mass is 9.99. The van der Waals surface area contributed by atoms with Gasteiger partial charge in [-0.15, -0.1) is 10.2 Å². The highest BCUT2D eigenvalue weighted by molar-refractivity contribution is 5.75. The number of hydrogen-bond donors (Lipinski definition) is 1. The largest absolute Gasteiger partial charge is 0.350 e. The van der Waals surface area contributed by atoms with E-state index in [-0.39, 0.29) is 12.5 Å². The summed E-state index contributed by atoms with van der Waals surface area (Å²) in [5.41, 5.74) is 4.18. The smallest absolute Gasteiger partial charge is 0.243 e. The van der Waals surface area contributed by atoms with Crippen LogP contribution >= 0.6 is 0 Å². The molecule has 3 heterocycles. The van der Waals surface area contributed by atoms with Gasteiger partial charge in [-0.05, 0) is 66.2 Å². The van der Waals surface area contributed by atoms with Crippen molar-refractivity contribution in [2.75, 3.05) is 13.1 Å². The summed E-state index contributed by atoms with van der Waals surface area (Å²) in [5.74, 6) is 1.09. The van der Waals surface area contributed by atoms with Gasteiger partial charge in [0.2, 0.25) is 11.7 Å². The van der Waals surface area contributed by atoms with E-state index in [1.54, 1.807) is 0 Å². The van der Waals surface area contributed by atoms with Crippen LogP contribution in [0, 0.1) is 5.92 Å². The highest BCUT2D eigenvalue weighted by Gasteiger charge is 2.16. The van der Waals surface area contributed by atoms with E-state index in [9.17, 15) is 4.79 Å². The summed E-state index contributed by atoms with van der Waals surface area (Å²) in [5, 5.41) is 15.3. The Balaban J connectivity index is 1.27. The Hall–Kier alpha value is -3.13. The average Bonchev–Trinajstić information content (AvgIpc) is 3.28. The Kier molecular flexibility index (Phi) is 7.21. The molecule has 4 rings (SSSR count). The molecule has 2 aromatic heterocycles. The zero-order valence-electron chi connectivity index (χ0n) is 18.9. The minimum Gasteiger partial charge on any atom is -0.350 e. The molecular formula is C24H31N7O. The second-order valence-corrected chi connectivity index (χ2v) is 8.60. The van der Waals surface area contributed by atoms with Crippen LogP contribution in [-0.2, 0) is 30.8 Å². The summed E-state index contributed by atoms with van der Waals surface area (Å²) in [4.78, 5) is 20.5. The van der Waals surface area contributed by atoms with Crippen molar-refractivity contribution in [3.05, 3.63) is 59.3 Å². The Morgan fingerprint density at radius 3 is 2.47 bits per heavy atom. The van der Waals surface area contributed by atoms with Crippen LogP contribution in [-0.4, -0.2) is 49.1 Å². The van der Waals surface area contributed by atoms with Gasteiger partial charge in [0.1, 0.15) is 12.2 Å². The van der Waals surface area contributed by atoms with Crippen LogP contribution in [0.5, 0.6) is 0 Å². The monoisotopic (exact) mass is 433 g/mol. The number of nitrogens with one attached hydrogen (secondary N) is 1. The molecule has 0 spiro atoms. The predicted octanol–water partition coefficient (Wildman–Crippen LogP) is 2.85. The van der Waals surface area contributed by atoms with E-state index in [1.165, 1.54) is 28.8 Å². The van der Waals surface area contributed by atoms with Crippen LogP contribution in [0.15, 0.2) is 42.6 Å². The molecular weight excluding hydrogens is 402 g/mol. The van der Waals surface area contributed by atoms with E-state index in [0.29, 0.717) is 18.1 Å². The maximum Gasteiger partial charge on any atom is 0.243 e. The number of carbonyl (C=O) groups is 1. The predicted molar refractivity (Wildman–Crippen MR) is 122 cm³/mol. The van der Waals surface area contributed by atoms with Crippen molar-refractivity contribution in [3.8, 4) is 11.5 Å². The third kappa shape index (κ3) is 5.97. The first-order valence-corrected chi connectivity index (χ1v) is 11.4. The first kappa shape index (κ1) is 22.1. The quantitative estimate of drug-likeness (QED) is 0.588. The van der Waals surface area contributed by atoms with Crippen molar-refractivity contribution in [3.63, 3.8) is 0 Å². The lowest BCUT2D eigenvalue weighted by molar-refractivity contribution is -0.122. The molecule has 1 aromatic carbocycles. The van der Waals surface area contributed by atoms with Gasteiger partial charge in [0.15, 0.2) is 0 Å². The van der Waals surface area contributed by atoms with Crippen LogP contribution in [0.2, 0.25) is 0 Å². The first-order valence-electron chi connectivity index (χ1n) is 11.4. The Labute approximate surface area is 189 Å². The van der Waals surface area contributed by atoms with Crippen LogP contribution in [0.4, 0.5) is 0 Å². The maximum absolute atomic E-state index is 12.2. The zero-order valence-corrected chi connectivity index (χ0v) is 18.9. The number of nitrogens with zero attached hydrogens (tertiary/aromatic N) is 6. The molecule has 32 heavy (non-hydrogen) atoms. The van der Waals surface area contributed by atoms with Gasteiger partial charge in [-0.2, -0.15) is 4.80 Å². The van der Waals surface area contributed by atoms with E-state index in [4.69, 9.17) is 0 Å². The number of piperidine rings is 1. The molecule has 1 N–H and O–H groups in total. The fraction of sp³-hybridized carbons (Fsp3) is 0.458. The number of rotatable bonds is 8. The zero-order chi connectivity index (χ0) is 22.3. The molecule has 0 radical (unpaired) electrons. The van der Waals surface area contributed by atoms with E-state index in [1.807, 2.05) is 24.4 Å². The number of aromatic nitrogens is 5. The van der Waals surface area contributed by atoms with Gasteiger partial charge >= 0.3 is 0 Å². The molecule has 3 aromatic rings. The summed E-state index contributed by atoms with van der Waals surface area (Å²) < 4.78 is 0. The standard InChI is InChI=1S/C24H31N7O/c1-3-19-4-6-20(7-5-19)14-26-23(32)17-31-28-24(27-29-31)22-9-8-21(15-25-22)16-30-12-10-18(2)11-13-30/h4-9,15,18H,3,10-14,16-17H2,1-2H3,(H,26,32). The molecule has 1 fully saturated rings. The molecule has 8 heteroatoms. The van der Waals surface area contributed by atoms with Gasteiger partial charge in [0.05, 0.1) is 0 Å². The summed E-state index contributed by atoms with van der Waals surface area (Å²) in [6, 6.07) is 12.2. The van der Waals surface area contributed by atoms with Crippen molar-refractivity contribution in [2.24, 2.45) is 5.92 Å². The van der Waals surface area contributed by atoms with Gasteiger partial charge in [-0.1, -0.05) is 44.2 Å². The third-order valence-corrected chi connectivity index (χ3v) is 6.00. The molecule has 0 aliphatic carbocycles. The lowest BCUT2D eigenvalue weighted by Gasteiger charge is -2.30. The number of likely N-dealkylation sites (tertiary alicyclic amines) is 1. The Bertz CT molecular complexity index is 1010. The molecule has 168 valence electrons. The van der Waals surface area contributed by atoms with Crippen molar-refractivity contribution in [1.82, 2.24) is 35.4 Å². The molecule has 1 amide bonds. The van der Waals surface area contributed by atoms with Gasteiger partial charge < -0.3 is 5.32 Å². The molecule has 1 aliphatic rings. The number of hydrogen-bond acceptors (Lipinski definition) is 6. The van der Waals surface area contributed by atoms with Crippen LogP contribution in [0.3, 0.4) is 0 Å². The molecule has 1 aliphatic heterocycles. The number of tetrazole rings is 1. The van der Waals surface area contributed by atoms with Crippen molar-refractivity contribution < 1.29 is 4.79 Å². The average molecular weight is 434 g/mol. The number of benzene rings is 1. The van der Waals surface area contributed by atoms with Gasteiger partial charge in [0, 0.05) is 19.3 Å². The Morgan fingerprint density at radius 1 is 1.06 bits per heavy atom. The van der Waals surface area contributed by atoms with Crippen LogP contribution in [0.1, 0.15) is 43.4 Å². The maximum atomic E-state index is 12.2. The highest BCUT2D eigenvalue weighted by atomic mass is 16.2. The second-order valence-electron chi connectivity index (χ2n) is 8.60. The molecule has 8 nitrogen and oxygen atoms in total. The van der Waals surface area contributed by atoms with Gasteiger partial charge in [0.25, 0.3) is 0 Å². The summed E-state index contributed by atoms with van der Waals surface area (Å²) in [6.07, 6.45) is 5.40. The van der Waals surface area contributed by atoms with Crippen molar-refractivity contribution in [1.29, 1.82) is 0 Å². The molecule has 0 unspecified atom stereocenters. The minimum atomic E-state index is -0.160. The fourth-order valence-electron chi connectivity index (χ4n) is 3.82. The van der Waals surface area contributed by atoms with Gasteiger partial charge in [-0.25, -0.2) is 0 Å². The minimum absolute atomic E-state index is 0.0194. The topological polar surface area (TPSA) is 88.8 Å². The summed E-state index contributed by atoms with van der Waals surface area (Å²) >= 11 is 0. The fourth-order valence-corrected chi connectivity index (χ4v) is 3.82. The van der Waals surface area contributed by atoms with E-state index in [0.717, 1.165) is 37.5 Å². The van der Waals surface area contributed by atoms with Crippen molar-refractivity contribution >= 4 is 5.91 Å². The normalized spacial score (nSPS) is 15.1. The van der Waals surface area contributed by atoms with E-state index < -0.39 is 0 Å². The van der Waals surface area contributed by atoms with Crippen LogP contribution < -0.4 is 5.32 Å². The molecule has 1 saturated heterocycles. The Morgan fingerprint density at radius 2 is 1.78 bits per heavy atom. The molecule has 0 bridgehead atoms. The molecule has 0 saturated carbocycles. The number of amides is 1.